The van der Waals surface area contributed by atoms with Gasteiger partial charge in [0.25, 0.3) is 0 Å². The highest BCUT2D eigenvalue weighted by Gasteiger charge is 1.92. The van der Waals surface area contributed by atoms with E-state index in [1.54, 1.807) is 0 Å². The maximum absolute atomic E-state index is 3.26. The minimum absolute atomic E-state index is 0. The zero-order chi connectivity index (χ0) is 6.97. The van der Waals surface area contributed by atoms with Crippen molar-refractivity contribution in [2.45, 2.75) is 6.92 Å². The number of hydrogen-bond acceptors (Lipinski definition) is 0. The molecule has 0 radical (unpaired) electrons. The maximum atomic E-state index is 3.26. The molecule has 0 fully saturated rings. The molecular weight excluding hydrogens is 122 g/mol. The van der Waals surface area contributed by atoms with Gasteiger partial charge in [0.05, 0.1) is 0 Å². The van der Waals surface area contributed by atoms with Gasteiger partial charge in [0.2, 0.25) is 0 Å². The average molecular weight is 133 g/mol. The molecule has 1 heterocycles. The topological polar surface area (TPSA) is 15.8 Å². The minimum atomic E-state index is 0. The van der Waals surface area contributed by atoms with Crippen molar-refractivity contribution in [2.24, 2.45) is 0 Å². The van der Waals surface area contributed by atoms with Gasteiger partial charge in [0, 0.05) is 12.6 Å². The Hall–Kier alpha value is -1.24. The summed E-state index contributed by atoms with van der Waals surface area (Å²) in [5.41, 5.74) is 2.45. The molecule has 52 valence electrons. The number of aryl methyl sites for hydroxylation is 1. The number of H-pyrrole nitrogens is 1. The highest BCUT2D eigenvalue weighted by atomic mass is 14.7. The first kappa shape index (κ1) is 5.54. The molecule has 1 nitrogen and oxygen atoms in total. The zero-order valence-corrected chi connectivity index (χ0v) is 5.89. The lowest BCUT2D eigenvalue weighted by atomic mass is 10.2. The Kier molecular flexibility index (Phi) is 1.04. The molecule has 2 aromatic rings. The lowest BCUT2D eigenvalue weighted by Gasteiger charge is -1.83. The van der Waals surface area contributed by atoms with Gasteiger partial charge < -0.3 is 4.98 Å². The fourth-order valence-corrected chi connectivity index (χ4v) is 1.22. The van der Waals surface area contributed by atoms with Gasteiger partial charge in [0.1, 0.15) is 0 Å². The largest absolute Gasteiger partial charge is 0.359 e. The van der Waals surface area contributed by atoms with Gasteiger partial charge in [-0.1, -0.05) is 18.2 Å². The minimum Gasteiger partial charge on any atom is -0.359 e. The number of hydrogen-bond donors (Lipinski definition) is 1. The molecule has 1 aromatic heterocycles. The van der Waals surface area contributed by atoms with Gasteiger partial charge in [-0.3, -0.25) is 0 Å². The van der Waals surface area contributed by atoms with Crippen molar-refractivity contribution >= 4 is 10.9 Å². The van der Waals surface area contributed by atoms with Crippen LogP contribution >= 0.6 is 0 Å². The Morgan fingerprint density at radius 2 is 2.10 bits per heavy atom. The van der Waals surface area contributed by atoms with E-state index in [-0.39, 0.29) is 1.43 Å². The van der Waals surface area contributed by atoms with Gasteiger partial charge in [-0.2, -0.15) is 0 Å². The first-order valence-corrected chi connectivity index (χ1v) is 3.40. The second-order valence-electron chi connectivity index (χ2n) is 2.54. The highest BCUT2D eigenvalue weighted by Crippen LogP contribution is 2.12. The molecule has 0 saturated carbocycles. The molecule has 0 aliphatic heterocycles. The number of nitrogens with one attached hydrogen (secondary N) is 1. The molecular formula is C9H11N. The summed E-state index contributed by atoms with van der Waals surface area (Å²) in [6.07, 6.45) is 0. The van der Waals surface area contributed by atoms with E-state index in [1.165, 1.54) is 16.6 Å². The van der Waals surface area contributed by atoms with Gasteiger partial charge in [0.15, 0.2) is 0 Å². The molecule has 1 heteroatoms. The third-order valence-corrected chi connectivity index (χ3v) is 1.66. The summed E-state index contributed by atoms with van der Waals surface area (Å²) in [4.78, 5) is 3.26. The average Bonchev–Trinajstić information content (AvgIpc) is 2.27. The SMILES string of the molecule is Cc1cc2ccccc2[nH]1.[HH]. The number of fused-ring (bicyclic) bond motifs is 1. The molecule has 0 unspecified atom stereocenters. The predicted molar refractivity (Wildman–Crippen MR) is 45.1 cm³/mol. The van der Waals surface area contributed by atoms with Crippen LogP contribution in [0.5, 0.6) is 0 Å². The van der Waals surface area contributed by atoms with Crippen LogP contribution in [0, 0.1) is 6.92 Å². The molecule has 1 N–H and O–H groups in total. The van der Waals surface area contributed by atoms with E-state index >= 15 is 0 Å². The number of benzene rings is 1. The van der Waals surface area contributed by atoms with Crippen molar-refractivity contribution in [2.75, 3.05) is 0 Å². The highest BCUT2D eigenvalue weighted by molar-refractivity contribution is 5.79. The summed E-state index contributed by atoms with van der Waals surface area (Å²) < 4.78 is 0. The van der Waals surface area contributed by atoms with Gasteiger partial charge >= 0.3 is 0 Å². The van der Waals surface area contributed by atoms with E-state index in [2.05, 4.69) is 36.2 Å². The lowest BCUT2D eigenvalue weighted by Crippen LogP contribution is -1.65. The molecule has 10 heavy (non-hydrogen) atoms. The predicted octanol–water partition coefficient (Wildman–Crippen LogP) is 2.72. The molecule has 0 aliphatic rings. The second-order valence-corrected chi connectivity index (χ2v) is 2.54. The summed E-state index contributed by atoms with van der Waals surface area (Å²) >= 11 is 0. The Morgan fingerprint density at radius 1 is 1.30 bits per heavy atom. The molecule has 1 aromatic carbocycles. The van der Waals surface area contributed by atoms with Crippen LogP contribution in [-0.2, 0) is 0 Å². The van der Waals surface area contributed by atoms with Crippen LogP contribution in [0.2, 0.25) is 0 Å². The quantitative estimate of drug-likeness (QED) is 0.568. The van der Waals surface area contributed by atoms with E-state index in [0.29, 0.717) is 0 Å². The normalized spacial score (nSPS) is 10.5. The molecule has 0 aliphatic carbocycles. The third kappa shape index (κ3) is 0.711. The van der Waals surface area contributed by atoms with Crippen molar-refractivity contribution in [3.05, 3.63) is 36.0 Å². The number of aromatic nitrogens is 1. The lowest BCUT2D eigenvalue weighted by molar-refractivity contribution is 1.30. The number of aromatic amines is 1. The fourth-order valence-electron chi connectivity index (χ4n) is 1.22. The molecule has 0 atom stereocenters. The monoisotopic (exact) mass is 133 g/mol. The maximum Gasteiger partial charge on any atom is 0.0455 e. The van der Waals surface area contributed by atoms with Crippen LogP contribution in [-0.4, -0.2) is 4.98 Å². The van der Waals surface area contributed by atoms with E-state index < -0.39 is 0 Å². The van der Waals surface area contributed by atoms with E-state index in [0.717, 1.165) is 0 Å². The Morgan fingerprint density at radius 3 is 2.90 bits per heavy atom. The summed E-state index contributed by atoms with van der Waals surface area (Å²) in [7, 11) is 0. The first-order valence-electron chi connectivity index (χ1n) is 3.40. The van der Waals surface area contributed by atoms with Gasteiger partial charge in [-0.05, 0) is 24.4 Å². The van der Waals surface area contributed by atoms with E-state index in [9.17, 15) is 0 Å². The smallest absolute Gasteiger partial charge is 0.0455 e. The molecule has 0 amide bonds. The zero-order valence-electron chi connectivity index (χ0n) is 5.89. The van der Waals surface area contributed by atoms with Crippen molar-refractivity contribution in [3.8, 4) is 0 Å². The van der Waals surface area contributed by atoms with Crippen LogP contribution in [0.25, 0.3) is 10.9 Å². The van der Waals surface area contributed by atoms with Crippen LogP contribution in [0.4, 0.5) is 0 Å². The van der Waals surface area contributed by atoms with E-state index in [4.69, 9.17) is 0 Å². The number of para-hydroxylation sites is 1. The summed E-state index contributed by atoms with van der Waals surface area (Å²) in [5.74, 6) is 0. The first-order chi connectivity index (χ1) is 4.86. The Bertz CT molecular complexity index is 318. The van der Waals surface area contributed by atoms with Crippen LogP contribution in [0.15, 0.2) is 30.3 Å². The van der Waals surface area contributed by atoms with Crippen molar-refractivity contribution in [1.82, 2.24) is 4.98 Å². The summed E-state index contributed by atoms with van der Waals surface area (Å²) in [5, 5.41) is 1.29. The number of rotatable bonds is 0. The van der Waals surface area contributed by atoms with Crippen LogP contribution in [0.3, 0.4) is 0 Å². The van der Waals surface area contributed by atoms with Gasteiger partial charge in [-0.15, -0.1) is 0 Å². The molecule has 0 bridgehead atoms. The third-order valence-electron chi connectivity index (χ3n) is 1.66. The Labute approximate surface area is 61.2 Å². The van der Waals surface area contributed by atoms with Crippen molar-refractivity contribution < 1.29 is 1.43 Å². The summed E-state index contributed by atoms with van der Waals surface area (Å²) in [6.45, 7) is 2.07. The van der Waals surface area contributed by atoms with Crippen LogP contribution in [0.1, 0.15) is 7.12 Å². The Balaban J connectivity index is 0.000000605. The molecule has 0 saturated heterocycles. The van der Waals surface area contributed by atoms with Crippen molar-refractivity contribution in [1.29, 1.82) is 0 Å². The van der Waals surface area contributed by atoms with Gasteiger partial charge in [-0.25, -0.2) is 0 Å². The standard InChI is InChI=1S/C9H9N.H2/c1-7-6-8-4-2-3-5-9(8)10-7;/h2-6,10H,1H3;1H. The second kappa shape index (κ2) is 1.87. The van der Waals surface area contributed by atoms with Crippen LogP contribution < -0.4 is 0 Å². The molecule has 0 spiro atoms. The van der Waals surface area contributed by atoms with Crippen molar-refractivity contribution in [3.63, 3.8) is 0 Å². The fraction of sp³-hybridized carbons (Fsp3) is 0.111. The molecule has 2 rings (SSSR count). The van der Waals surface area contributed by atoms with E-state index in [1.807, 2.05) is 6.07 Å². The summed E-state index contributed by atoms with van der Waals surface area (Å²) in [6, 6.07) is 10.4.